The molecule has 28 heavy (non-hydrogen) atoms. The quantitative estimate of drug-likeness (QED) is 0.428. The number of ether oxygens (including phenoxy) is 1. The number of nitrogens with one attached hydrogen (secondary N) is 1. The Kier molecular flexibility index (Phi) is 4.16. The summed E-state index contributed by atoms with van der Waals surface area (Å²) in [5.74, 6) is -0.204. The second-order valence-electron chi connectivity index (χ2n) is 6.16. The summed E-state index contributed by atoms with van der Waals surface area (Å²) in [6.07, 6.45) is 1.64. The van der Waals surface area contributed by atoms with Gasteiger partial charge in [0.25, 0.3) is 0 Å². The first-order chi connectivity index (χ1) is 13.6. The number of carbonyl (C=O) groups is 1. The van der Waals surface area contributed by atoms with Crippen molar-refractivity contribution in [2.24, 2.45) is 0 Å². The van der Waals surface area contributed by atoms with Crippen LogP contribution in [0.5, 0.6) is 0 Å². The molecular formula is C22H13N3O3. The maximum absolute atomic E-state index is 12.4. The van der Waals surface area contributed by atoms with Crippen LogP contribution in [0.4, 0.5) is 0 Å². The van der Waals surface area contributed by atoms with Crippen molar-refractivity contribution >= 4 is 39.5 Å². The average molecular weight is 367 g/mol. The van der Waals surface area contributed by atoms with Crippen LogP contribution in [0.3, 0.4) is 0 Å². The molecule has 0 saturated carbocycles. The molecule has 2 aromatic heterocycles. The van der Waals surface area contributed by atoms with Gasteiger partial charge in [0.2, 0.25) is 0 Å². The van der Waals surface area contributed by atoms with Crippen LogP contribution in [0.15, 0.2) is 52.9 Å². The third-order valence-electron chi connectivity index (χ3n) is 4.39. The van der Waals surface area contributed by atoms with Crippen molar-refractivity contribution in [3.05, 3.63) is 71.1 Å². The summed E-state index contributed by atoms with van der Waals surface area (Å²) in [5, 5.41) is 19.7. The van der Waals surface area contributed by atoms with Gasteiger partial charge >= 0.3 is 5.97 Å². The number of rotatable bonds is 3. The maximum Gasteiger partial charge on any atom is 0.341 e. The minimum absolute atomic E-state index is 0.240. The molecule has 0 aliphatic rings. The lowest BCUT2D eigenvalue weighted by Crippen LogP contribution is -2.03. The molecule has 1 N–H and O–H groups in total. The van der Waals surface area contributed by atoms with Gasteiger partial charge in [0.15, 0.2) is 0 Å². The molecule has 4 aromatic rings. The smallest absolute Gasteiger partial charge is 0.341 e. The van der Waals surface area contributed by atoms with Gasteiger partial charge in [0.1, 0.15) is 16.9 Å². The Labute approximate surface area is 159 Å². The van der Waals surface area contributed by atoms with Gasteiger partial charge in [-0.15, -0.1) is 0 Å². The first-order valence-electron chi connectivity index (χ1n) is 8.38. The fraction of sp³-hybridized carbons (Fsp3) is 0.0455. The number of esters is 1. The lowest BCUT2D eigenvalue weighted by atomic mass is 10.1. The highest BCUT2D eigenvalue weighted by molar-refractivity contribution is 6.21. The molecule has 0 fully saturated rings. The van der Waals surface area contributed by atoms with Crippen molar-refractivity contribution in [1.82, 2.24) is 4.98 Å². The number of nitrogens with zero attached hydrogens (tertiary/aromatic N) is 2. The topological polar surface area (TPSA) is 103 Å². The van der Waals surface area contributed by atoms with Gasteiger partial charge in [-0.05, 0) is 54.6 Å². The largest absolute Gasteiger partial charge is 0.465 e. The SMILES string of the molecule is COC(=O)C(=Cc1cc2cc(C#N)ccc2[nH]1)c1cc2cc(C#N)ccc2o1. The van der Waals surface area contributed by atoms with Crippen LogP contribution in [0, 0.1) is 22.7 Å². The Morgan fingerprint density at radius 1 is 1.04 bits per heavy atom. The van der Waals surface area contributed by atoms with Crippen molar-refractivity contribution in [3.8, 4) is 12.1 Å². The minimum Gasteiger partial charge on any atom is -0.465 e. The van der Waals surface area contributed by atoms with E-state index in [4.69, 9.17) is 19.7 Å². The zero-order valence-corrected chi connectivity index (χ0v) is 14.8. The number of benzene rings is 2. The molecule has 2 aromatic carbocycles. The molecule has 6 heteroatoms. The van der Waals surface area contributed by atoms with Gasteiger partial charge in [-0.25, -0.2) is 4.79 Å². The zero-order valence-electron chi connectivity index (χ0n) is 14.8. The number of methoxy groups -OCH3 is 1. The van der Waals surface area contributed by atoms with Crippen molar-refractivity contribution < 1.29 is 13.9 Å². The van der Waals surface area contributed by atoms with E-state index in [0.29, 0.717) is 28.2 Å². The molecule has 4 rings (SSSR count). The van der Waals surface area contributed by atoms with Crippen LogP contribution in [0.1, 0.15) is 22.6 Å². The Hall–Kier alpha value is -4.29. The molecule has 0 spiro atoms. The third-order valence-corrected chi connectivity index (χ3v) is 4.39. The second kappa shape index (κ2) is 6.79. The Morgan fingerprint density at radius 3 is 2.46 bits per heavy atom. The van der Waals surface area contributed by atoms with E-state index in [-0.39, 0.29) is 5.57 Å². The number of fused-ring (bicyclic) bond motifs is 2. The highest BCUT2D eigenvalue weighted by Gasteiger charge is 2.18. The van der Waals surface area contributed by atoms with Crippen molar-refractivity contribution in [1.29, 1.82) is 10.5 Å². The maximum atomic E-state index is 12.4. The van der Waals surface area contributed by atoms with E-state index in [1.54, 1.807) is 42.5 Å². The Balaban J connectivity index is 1.83. The number of aromatic nitrogens is 1. The van der Waals surface area contributed by atoms with Gasteiger partial charge in [0.05, 0.1) is 30.4 Å². The summed E-state index contributed by atoms with van der Waals surface area (Å²) >= 11 is 0. The lowest BCUT2D eigenvalue weighted by Gasteiger charge is -2.01. The van der Waals surface area contributed by atoms with E-state index in [2.05, 4.69) is 17.1 Å². The number of hydrogen-bond acceptors (Lipinski definition) is 5. The molecule has 0 atom stereocenters. The van der Waals surface area contributed by atoms with Crippen LogP contribution in [-0.4, -0.2) is 18.1 Å². The summed E-state index contributed by atoms with van der Waals surface area (Å²) < 4.78 is 10.7. The highest BCUT2D eigenvalue weighted by atomic mass is 16.5. The van der Waals surface area contributed by atoms with Crippen LogP contribution >= 0.6 is 0 Å². The molecule has 0 aliphatic carbocycles. The van der Waals surface area contributed by atoms with Gasteiger partial charge in [-0.2, -0.15) is 10.5 Å². The molecule has 134 valence electrons. The summed E-state index contributed by atoms with van der Waals surface area (Å²) in [6.45, 7) is 0. The van der Waals surface area contributed by atoms with Crippen LogP contribution in [0.25, 0.3) is 33.5 Å². The number of furan rings is 1. The third kappa shape index (κ3) is 3.00. The van der Waals surface area contributed by atoms with E-state index >= 15 is 0 Å². The summed E-state index contributed by atoms with van der Waals surface area (Å²) in [4.78, 5) is 15.6. The Bertz CT molecular complexity index is 1340. The molecule has 0 radical (unpaired) electrons. The first-order valence-corrected chi connectivity index (χ1v) is 8.38. The highest BCUT2D eigenvalue weighted by Crippen LogP contribution is 2.28. The predicted octanol–water partition coefficient (Wildman–Crippen LogP) is 4.37. The summed E-state index contributed by atoms with van der Waals surface area (Å²) in [5.41, 5.74) is 3.39. The van der Waals surface area contributed by atoms with Crippen LogP contribution < -0.4 is 0 Å². The van der Waals surface area contributed by atoms with E-state index < -0.39 is 5.97 Å². The Morgan fingerprint density at radius 2 is 1.75 bits per heavy atom. The monoisotopic (exact) mass is 367 g/mol. The fourth-order valence-electron chi connectivity index (χ4n) is 3.04. The zero-order chi connectivity index (χ0) is 19.7. The van der Waals surface area contributed by atoms with E-state index in [0.717, 1.165) is 16.3 Å². The van der Waals surface area contributed by atoms with Crippen LogP contribution in [-0.2, 0) is 9.53 Å². The second-order valence-corrected chi connectivity index (χ2v) is 6.16. The molecule has 0 saturated heterocycles. The number of carbonyl (C=O) groups excluding carboxylic acids is 1. The molecular weight excluding hydrogens is 354 g/mol. The number of aromatic amines is 1. The van der Waals surface area contributed by atoms with Crippen molar-refractivity contribution in [3.63, 3.8) is 0 Å². The van der Waals surface area contributed by atoms with Crippen LogP contribution in [0.2, 0.25) is 0 Å². The van der Waals surface area contributed by atoms with Gasteiger partial charge in [-0.1, -0.05) is 0 Å². The molecule has 0 bridgehead atoms. The summed E-state index contributed by atoms with van der Waals surface area (Å²) in [7, 11) is 1.30. The molecule has 6 nitrogen and oxygen atoms in total. The van der Waals surface area contributed by atoms with E-state index in [9.17, 15) is 4.79 Å². The van der Waals surface area contributed by atoms with E-state index in [1.165, 1.54) is 7.11 Å². The van der Waals surface area contributed by atoms with Crippen molar-refractivity contribution in [2.45, 2.75) is 0 Å². The standard InChI is InChI=1S/C22H13N3O3/c1-27-22(26)18(21-9-16-7-14(12-24)3-5-20(16)28-21)10-17-8-15-6-13(11-23)2-4-19(15)25-17/h2-10,25H,1H3. The predicted molar refractivity (Wildman–Crippen MR) is 104 cm³/mol. The van der Waals surface area contributed by atoms with Gasteiger partial charge in [0, 0.05) is 22.0 Å². The molecule has 0 amide bonds. The summed E-state index contributed by atoms with van der Waals surface area (Å²) in [6, 6.07) is 18.1. The first kappa shape index (κ1) is 17.1. The lowest BCUT2D eigenvalue weighted by molar-refractivity contribution is -0.133. The fourth-order valence-corrected chi connectivity index (χ4v) is 3.04. The molecule has 2 heterocycles. The number of H-pyrrole nitrogens is 1. The van der Waals surface area contributed by atoms with Gasteiger partial charge in [-0.3, -0.25) is 0 Å². The number of nitriles is 2. The van der Waals surface area contributed by atoms with E-state index in [1.807, 2.05) is 12.1 Å². The van der Waals surface area contributed by atoms with Gasteiger partial charge < -0.3 is 14.1 Å². The minimum atomic E-state index is -0.545. The molecule has 0 unspecified atom stereocenters. The van der Waals surface area contributed by atoms with Crippen molar-refractivity contribution in [2.75, 3.05) is 7.11 Å². The molecule has 0 aliphatic heterocycles. The normalized spacial score (nSPS) is 11.3. The average Bonchev–Trinajstić information content (AvgIpc) is 3.33. The number of hydrogen-bond donors (Lipinski definition) is 1.